The molecule has 1 aliphatic carbocycles. The minimum Gasteiger partial charge on any atom is -0.351 e. The van der Waals surface area contributed by atoms with Crippen LogP contribution in [0.15, 0.2) is 48.3 Å². The van der Waals surface area contributed by atoms with E-state index in [1.54, 1.807) is 10.9 Å². The largest absolute Gasteiger partial charge is 0.351 e. The van der Waals surface area contributed by atoms with Crippen molar-refractivity contribution in [1.82, 2.24) is 30.3 Å². The lowest BCUT2D eigenvalue weighted by atomic mass is 9.91. The highest BCUT2D eigenvalue weighted by Crippen LogP contribution is 2.25. The van der Waals surface area contributed by atoms with Gasteiger partial charge in [-0.15, -0.1) is 5.10 Å². The summed E-state index contributed by atoms with van der Waals surface area (Å²) in [6, 6.07) is 9.91. The van der Waals surface area contributed by atoms with Crippen molar-refractivity contribution < 1.29 is 4.79 Å². The van der Waals surface area contributed by atoms with Gasteiger partial charge in [-0.25, -0.2) is 4.98 Å². The number of anilines is 1. The van der Waals surface area contributed by atoms with Crippen molar-refractivity contribution in [3.05, 3.63) is 48.3 Å². The Morgan fingerprint density at radius 3 is 2.85 bits per heavy atom. The van der Waals surface area contributed by atoms with Crippen LogP contribution in [0.2, 0.25) is 0 Å². The number of nitrogens with zero attached hydrogens (tertiary/aromatic N) is 5. The number of carbonyl (C=O) groups is 1. The van der Waals surface area contributed by atoms with E-state index in [0.29, 0.717) is 17.8 Å². The standard InChI is InChI=1S/C19H21N7O/c1-13(27)21-12-14-6-8-15(9-7-14)22-19-20-11-10-18(23-19)26-17-5-3-2-4-16(17)24-25-26/h2-5,10-12,15H,6-9H2,1H3,(H,21,27)(H,20,22,23). The average Bonchev–Trinajstić information content (AvgIpc) is 3.12. The number of allylic oxidation sites excluding steroid dienone is 1. The molecule has 1 saturated carbocycles. The van der Waals surface area contributed by atoms with Gasteiger partial charge in [0.25, 0.3) is 0 Å². The number of amides is 1. The molecule has 1 aromatic carbocycles. The first-order valence-corrected chi connectivity index (χ1v) is 9.04. The van der Waals surface area contributed by atoms with Crippen LogP contribution in [0.25, 0.3) is 16.9 Å². The molecule has 0 aliphatic heterocycles. The van der Waals surface area contributed by atoms with Crippen LogP contribution in [0.5, 0.6) is 0 Å². The highest BCUT2D eigenvalue weighted by atomic mass is 16.1. The van der Waals surface area contributed by atoms with E-state index in [0.717, 1.165) is 36.7 Å². The quantitative estimate of drug-likeness (QED) is 0.739. The maximum atomic E-state index is 11.0. The summed E-state index contributed by atoms with van der Waals surface area (Å²) >= 11 is 0. The highest BCUT2D eigenvalue weighted by molar-refractivity contribution is 5.75. The second kappa shape index (κ2) is 7.53. The van der Waals surface area contributed by atoms with E-state index in [-0.39, 0.29) is 5.91 Å². The molecule has 27 heavy (non-hydrogen) atoms. The van der Waals surface area contributed by atoms with Crippen LogP contribution in [0.3, 0.4) is 0 Å². The highest BCUT2D eigenvalue weighted by Gasteiger charge is 2.18. The Hall–Kier alpha value is -3.29. The van der Waals surface area contributed by atoms with Gasteiger partial charge in [0.2, 0.25) is 11.9 Å². The fourth-order valence-electron chi connectivity index (χ4n) is 3.24. The van der Waals surface area contributed by atoms with Gasteiger partial charge in [0, 0.05) is 31.4 Å². The van der Waals surface area contributed by atoms with Crippen LogP contribution in [0.4, 0.5) is 5.95 Å². The Bertz CT molecular complexity index is 984. The zero-order valence-electron chi connectivity index (χ0n) is 15.1. The number of carbonyl (C=O) groups excluding carboxylic acids is 1. The molecule has 0 atom stereocenters. The lowest BCUT2D eigenvalue weighted by Gasteiger charge is -2.25. The smallest absolute Gasteiger partial charge is 0.224 e. The number of hydrogen-bond donors (Lipinski definition) is 2. The molecule has 8 heteroatoms. The SMILES string of the molecule is CC(=O)NC=C1CCC(Nc2nccc(-n3nnc4ccccc43)n2)CC1. The molecule has 3 aromatic rings. The number of aromatic nitrogens is 5. The number of fused-ring (bicyclic) bond motifs is 1. The summed E-state index contributed by atoms with van der Waals surface area (Å²) in [5, 5.41) is 14.6. The lowest BCUT2D eigenvalue weighted by Crippen LogP contribution is -2.25. The van der Waals surface area contributed by atoms with Crippen LogP contribution < -0.4 is 10.6 Å². The number of para-hydroxylation sites is 1. The number of benzene rings is 1. The van der Waals surface area contributed by atoms with Crippen molar-refractivity contribution in [2.75, 3.05) is 5.32 Å². The average molecular weight is 363 g/mol. The van der Waals surface area contributed by atoms with Crippen molar-refractivity contribution in [2.45, 2.75) is 38.6 Å². The molecule has 1 aliphatic rings. The van der Waals surface area contributed by atoms with Gasteiger partial charge in [-0.1, -0.05) is 22.9 Å². The summed E-state index contributed by atoms with van der Waals surface area (Å²) in [5.41, 5.74) is 3.01. The van der Waals surface area contributed by atoms with E-state index in [1.807, 2.05) is 36.5 Å². The van der Waals surface area contributed by atoms with Crippen LogP contribution in [-0.2, 0) is 4.79 Å². The summed E-state index contributed by atoms with van der Waals surface area (Å²) in [5.74, 6) is 1.24. The fourth-order valence-corrected chi connectivity index (χ4v) is 3.24. The molecule has 138 valence electrons. The molecule has 2 heterocycles. The van der Waals surface area contributed by atoms with Crippen molar-refractivity contribution in [3.8, 4) is 5.82 Å². The van der Waals surface area contributed by atoms with E-state index < -0.39 is 0 Å². The molecule has 2 N–H and O–H groups in total. The van der Waals surface area contributed by atoms with E-state index in [9.17, 15) is 4.79 Å². The van der Waals surface area contributed by atoms with Crippen LogP contribution in [0, 0.1) is 0 Å². The molecule has 1 fully saturated rings. The molecule has 0 radical (unpaired) electrons. The number of nitrogens with one attached hydrogen (secondary N) is 2. The lowest BCUT2D eigenvalue weighted by molar-refractivity contribution is -0.118. The Morgan fingerprint density at radius 2 is 2.04 bits per heavy atom. The molecule has 0 unspecified atom stereocenters. The van der Waals surface area contributed by atoms with Gasteiger partial charge in [-0.05, 0) is 37.8 Å². The molecule has 2 aromatic heterocycles. The topological polar surface area (TPSA) is 97.6 Å². The van der Waals surface area contributed by atoms with Crippen molar-refractivity contribution >= 4 is 22.9 Å². The van der Waals surface area contributed by atoms with E-state index in [2.05, 4.69) is 30.9 Å². The van der Waals surface area contributed by atoms with Crippen molar-refractivity contribution in [3.63, 3.8) is 0 Å². The zero-order chi connectivity index (χ0) is 18.6. The van der Waals surface area contributed by atoms with Crippen molar-refractivity contribution in [2.24, 2.45) is 0 Å². The Morgan fingerprint density at radius 1 is 1.22 bits per heavy atom. The Balaban J connectivity index is 1.45. The first-order chi connectivity index (χ1) is 13.2. The van der Waals surface area contributed by atoms with Gasteiger partial charge in [0.1, 0.15) is 5.52 Å². The van der Waals surface area contributed by atoms with Gasteiger partial charge in [-0.2, -0.15) is 9.67 Å². The minimum absolute atomic E-state index is 0.0337. The van der Waals surface area contributed by atoms with E-state index in [1.165, 1.54) is 12.5 Å². The second-order valence-corrected chi connectivity index (χ2v) is 6.65. The fraction of sp³-hybridized carbons (Fsp3) is 0.316. The summed E-state index contributed by atoms with van der Waals surface area (Å²) in [6.07, 6.45) is 7.42. The van der Waals surface area contributed by atoms with Gasteiger partial charge < -0.3 is 10.6 Å². The van der Waals surface area contributed by atoms with E-state index in [4.69, 9.17) is 0 Å². The van der Waals surface area contributed by atoms with Gasteiger partial charge in [0.05, 0.1) is 5.52 Å². The second-order valence-electron chi connectivity index (χ2n) is 6.65. The first kappa shape index (κ1) is 17.1. The van der Waals surface area contributed by atoms with Gasteiger partial charge >= 0.3 is 0 Å². The molecule has 1 amide bonds. The molecular formula is C19H21N7O. The van der Waals surface area contributed by atoms with Gasteiger partial charge in [0.15, 0.2) is 5.82 Å². The summed E-state index contributed by atoms with van der Waals surface area (Å²) in [6.45, 7) is 1.52. The molecule has 4 rings (SSSR count). The third-order valence-electron chi connectivity index (χ3n) is 4.65. The number of rotatable bonds is 4. The van der Waals surface area contributed by atoms with E-state index >= 15 is 0 Å². The van der Waals surface area contributed by atoms with Gasteiger partial charge in [-0.3, -0.25) is 4.79 Å². The zero-order valence-corrected chi connectivity index (χ0v) is 15.1. The third-order valence-corrected chi connectivity index (χ3v) is 4.65. The predicted molar refractivity (Wildman–Crippen MR) is 102 cm³/mol. The molecule has 8 nitrogen and oxygen atoms in total. The van der Waals surface area contributed by atoms with Crippen LogP contribution >= 0.6 is 0 Å². The molecule has 0 spiro atoms. The normalized spacial score (nSPS) is 16.9. The molecule has 0 bridgehead atoms. The molecule has 0 saturated heterocycles. The minimum atomic E-state index is -0.0337. The Labute approximate surface area is 156 Å². The van der Waals surface area contributed by atoms with Crippen LogP contribution in [0.1, 0.15) is 32.6 Å². The summed E-state index contributed by atoms with van der Waals surface area (Å²) in [4.78, 5) is 20.0. The monoisotopic (exact) mass is 363 g/mol. The molecular weight excluding hydrogens is 342 g/mol. The summed E-state index contributed by atoms with van der Waals surface area (Å²) < 4.78 is 1.72. The van der Waals surface area contributed by atoms with Crippen molar-refractivity contribution in [1.29, 1.82) is 0 Å². The summed E-state index contributed by atoms with van der Waals surface area (Å²) in [7, 11) is 0. The van der Waals surface area contributed by atoms with Crippen LogP contribution in [-0.4, -0.2) is 36.9 Å². The Kier molecular flexibility index (Phi) is 4.78. The maximum absolute atomic E-state index is 11.0. The third kappa shape index (κ3) is 3.94. The maximum Gasteiger partial charge on any atom is 0.224 e. The predicted octanol–water partition coefficient (Wildman–Crippen LogP) is 2.58. The first-order valence-electron chi connectivity index (χ1n) is 9.04. The number of hydrogen-bond acceptors (Lipinski definition) is 6.